The Labute approximate surface area is 120 Å². The molecule has 0 atom stereocenters. The first-order valence-corrected chi connectivity index (χ1v) is 6.54. The summed E-state index contributed by atoms with van der Waals surface area (Å²) >= 11 is 0. The number of aromatic nitrogens is 4. The zero-order valence-electron chi connectivity index (χ0n) is 11.3. The topological polar surface area (TPSA) is 127 Å². The van der Waals surface area contributed by atoms with E-state index in [9.17, 15) is 0 Å². The maximum absolute atomic E-state index is 5.41. The van der Waals surface area contributed by atoms with Gasteiger partial charge in [-0.05, 0) is 0 Å². The number of hydrogen-bond donors (Lipinski definition) is 3. The predicted octanol–water partition coefficient (Wildman–Crippen LogP) is -0.406. The van der Waals surface area contributed by atoms with Gasteiger partial charge < -0.3 is 19.5 Å². The second kappa shape index (κ2) is 6.33. The first kappa shape index (κ1) is 13.5. The molecular weight excluding hydrogens is 276 g/mol. The molecule has 3 rings (SSSR count). The van der Waals surface area contributed by atoms with Crippen molar-refractivity contribution >= 4 is 17.8 Å². The maximum atomic E-state index is 5.41. The average molecular weight is 292 g/mol. The van der Waals surface area contributed by atoms with Crippen LogP contribution >= 0.6 is 0 Å². The summed E-state index contributed by atoms with van der Waals surface area (Å²) in [7, 11) is 0. The summed E-state index contributed by atoms with van der Waals surface area (Å²) in [6.07, 6.45) is 1.58. The molecule has 21 heavy (non-hydrogen) atoms. The maximum Gasteiger partial charge on any atom is 0.243 e. The fourth-order valence-electron chi connectivity index (χ4n) is 1.91. The molecule has 10 heteroatoms. The van der Waals surface area contributed by atoms with E-state index in [2.05, 4.69) is 30.9 Å². The summed E-state index contributed by atoms with van der Waals surface area (Å²) < 4.78 is 10.3. The van der Waals surface area contributed by atoms with Crippen molar-refractivity contribution in [2.45, 2.75) is 6.54 Å². The SMILES string of the molecule is NNc1nc(NCc2ccno2)nc(N2CCOCC2)n1. The molecule has 2 aromatic rings. The summed E-state index contributed by atoms with van der Waals surface area (Å²) in [6, 6.07) is 1.76. The minimum atomic E-state index is 0.298. The van der Waals surface area contributed by atoms with E-state index in [1.807, 2.05) is 4.90 Å². The third kappa shape index (κ3) is 3.35. The molecule has 0 amide bonds. The van der Waals surface area contributed by atoms with Gasteiger partial charge in [0, 0.05) is 19.2 Å². The molecule has 1 aliphatic heterocycles. The zero-order valence-corrected chi connectivity index (χ0v) is 11.3. The third-order valence-corrected chi connectivity index (χ3v) is 2.96. The van der Waals surface area contributed by atoms with E-state index in [0.717, 1.165) is 13.1 Å². The molecule has 0 unspecified atom stereocenters. The highest BCUT2D eigenvalue weighted by atomic mass is 16.5. The Balaban J connectivity index is 1.75. The van der Waals surface area contributed by atoms with Crippen LogP contribution in [-0.4, -0.2) is 46.4 Å². The molecule has 0 bridgehead atoms. The number of hydrazine groups is 1. The van der Waals surface area contributed by atoms with Gasteiger partial charge in [-0.2, -0.15) is 15.0 Å². The number of nitrogens with two attached hydrogens (primary N) is 1. The zero-order chi connectivity index (χ0) is 14.5. The van der Waals surface area contributed by atoms with Crippen molar-refractivity contribution in [3.8, 4) is 0 Å². The molecule has 2 aromatic heterocycles. The highest BCUT2D eigenvalue weighted by Gasteiger charge is 2.16. The van der Waals surface area contributed by atoms with E-state index in [0.29, 0.717) is 43.4 Å². The van der Waals surface area contributed by atoms with Gasteiger partial charge in [0.15, 0.2) is 5.76 Å². The molecule has 10 nitrogen and oxygen atoms in total. The second-order valence-corrected chi connectivity index (χ2v) is 4.36. The summed E-state index contributed by atoms with van der Waals surface area (Å²) in [4.78, 5) is 14.8. The number of nitrogens with one attached hydrogen (secondary N) is 2. The van der Waals surface area contributed by atoms with Gasteiger partial charge in [-0.15, -0.1) is 0 Å². The van der Waals surface area contributed by atoms with Crippen LogP contribution in [0, 0.1) is 0 Å². The van der Waals surface area contributed by atoms with Crippen molar-refractivity contribution in [2.24, 2.45) is 5.84 Å². The Bertz CT molecular complexity index is 570. The van der Waals surface area contributed by atoms with Crippen LogP contribution in [0.25, 0.3) is 0 Å². The number of morpholine rings is 1. The smallest absolute Gasteiger partial charge is 0.243 e. The minimum Gasteiger partial charge on any atom is -0.378 e. The van der Waals surface area contributed by atoms with Gasteiger partial charge in [0.1, 0.15) is 0 Å². The Hall–Kier alpha value is -2.46. The summed E-state index contributed by atoms with van der Waals surface area (Å²) in [5.74, 6) is 7.36. The Morgan fingerprint density at radius 2 is 2.00 bits per heavy atom. The number of ether oxygens (including phenoxy) is 1. The van der Waals surface area contributed by atoms with Gasteiger partial charge in [0.05, 0.1) is 26.0 Å². The Morgan fingerprint density at radius 3 is 2.71 bits per heavy atom. The average Bonchev–Trinajstić information content (AvgIpc) is 3.07. The highest BCUT2D eigenvalue weighted by molar-refractivity contribution is 5.43. The molecule has 0 aromatic carbocycles. The van der Waals surface area contributed by atoms with Gasteiger partial charge in [-0.25, -0.2) is 5.84 Å². The molecule has 0 radical (unpaired) electrons. The Morgan fingerprint density at radius 1 is 1.19 bits per heavy atom. The number of hydrogen-bond acceptors (Lipinski definition) is 10. The lowest BCUT2D eigenvalue weighted by molar-refractivity contribution is 0.122. The van der Waals surface area contributed by atoms with Crippen LogP contribution < -0.4 is 21.5 Å². The van der Waals surface area contributed by atoms with Crippen molar-refractivity contribution in [1.29, 1.82) is 0 Å². The molecule has 0 aliphatic carbocycles. The second-order valence-electron chi connectivity index (χ2n) is 4.36. The molecule has 3 heterocycles. The molecule has 4 N–H and O–H groups in total. The molecule has 0 spiro atoms. The summed E-state index contributed by atoms with van der Waals surface area (Å²) in [6.45, 7) is 3.19. The van der Waals surface area contributed by atoms with Crippen LogP contribution in [0.4, 0.5) is 17.8 Å². The third-order valence-electron chi connectivity index (χ3n) is 2.96. The van der Waals surface area contributed by atoms with E-state index < -0.39 is 0 Å². The number of nitrogen functional groups attached to an aromatic ring is 1. The van der Waals surface area contributed by atoms with Crippen molar-refractivity contribution in [1.82, 2.24) is 20.1 Å². The van der Waals surface area contributed by atoms with E-state index in [4.69, 9.17) is 15.1 Å². The van der Waals surface area contributed by atoms with Crippen LogP contribution in [0.3, 0.4) is 0 Å². The normalized spacial score (nSPS) is 15.0. The summed E-state index contributed by atoms with van der Waals surface area (Å²) in [5.41, 5.74) is 2.44. The standard InChI is InChI=1S/C11H16N8O2/c12-18-10-15-9(13-7-8-1-2-14-21-8)16-11(17-10)19-3-5-20-6-4-19/h1-2H,3-7,12H2,(H2,13,15,16,17,18). The minimum absolute atomic E-state index is 0.298. The van der Waals surface area contributed by atoms with Crippen LogP contribution in [0.2, 0.25) is 0 Å². The van der Waals surface area contributed by atoms with E-state index >= 15 is 0 Å². The largest absolute Gasteiger partial charge is 0.378 e. The van der Waals surface area contributed by atoms with Gasteiger partial charge in [-0.1, -0.05) is 5.16 Å². The highest BCUT2D eigenvalue weighted by Crippen LogP contribution is 2.15. The number of rotatable bonds is 5. The molecule has 1 aliphatic rings. The molecular formula is C11H16N8O2. The molecule has 112 valence electrons. The number of anilines is 3. The van der Waals surface area contributed by atoms with Crippen LogP contribution in [0.15, 0.2) is 16.8 Å². The molecule has 1 fully saturated rings. The van der Waals surface area contributed by atoms with Crippen LogP contribution in [-0.2, 0) is 11.3 Å². The van der Waals surface area contributed by atoms with Gasteiger partial charge in [-0.3, -0.25) is 5.43 Å². The van der Waals surface area contributed by atoms with E-state index in [-0.39, 0.29) is 0 Å². The van der Waals surface area contributed by atoms with Gasteiger partial charge >= 0.3 is 0 Å². The van der Waals surface area contributed by atoms with Crippen molar-refractivity contribution < 1.29 is 9.26 Å². The fourth-order valence-corrected chi connectivity index (χ4v) is 1.91. The predicted molar refractivity (Wildman–Crippen MR) is 74.5 cm³/mol. The van der Waals surface area contributed by atoms with Crippen molar-refractivity contribution in [3.63, 3.8) is 0 Å². The van der Waals surface area contributed by atoms with Crippen molar-refractivity contribution in [3.05, 3.63) is 18.0 Å². The van der Waals surface area contributed by atoms with Crippen LogP contribution in [0.1, 0.15) is 5.76 Å². The lowest BCUT2D eigenvalue weighted by atomic mass is 10.4. The monoisotopic (exact) mass is 292 g/mol. The molecule has 0 saturated carbocycles. The van der Waals surface area contributed by atoms with Gasteiger partial charge in [0.25, 0.3) is 0 Å². The van der Waals surface area contributed by atoms with Crippen molar-refractivity contribution in [2.75, 3.05) is 41.9 Å². The van der Waals surface area contributed by atoms with Gasteiger partial charge in [0.2, 0.25) is 17.8 Å². The number of nitrogens with zero attached hydrogens (tertiary/aromatic N) is 5. The quantitative estimate of drug-likeness (QED) is 0.494. The van der Waals surface area contributed by atoms with E-state index in [1.54, 1.807) is 12.3 Å². The van der Waals surface area contributed by atoms with Crippen LogP contribution in [0.5, 0.6) is 0 Å². The van der Waals surface area contributed by atoms with E-state index in [1.165, 1.54) is 0 Å². The lowest BCUT2D eigenvalue weighted by Gasteiger charge is -2.27. The summed E-state index contributed by atoms with van der Waals surface area (Å²) in [5, 5.41) is 6.69. The molecule has 1 saturated heterocycles. The first-order valence-electron chi connectivity index (χ1n) is 6.54. The first-order chi connectivity index (χ1) is 10.3. The fraction of sp³-hybridized carbons (Fsp3) is 0.455. The Kier molecular flexibility index (Phi) is 4.07. The lowest BCUT2D eigenvalue weighted by Crippen LogP contribution is -2.37.